The van der Waals surface area contributed by atoms with Crippen LogP contribution in [0.4, 0.5) is 0 Å². The summed E-state index contributed by atoms with van der Waals surface area (Å²) < 4.78 is 7.90. The van der Waals surface area contributed by atoms with Gasteiger partial charge in [0.25, 0.3) is 0 Å². The number of hydrogen-bond acceptors (Lipinski definition) is 3. The van der Waals surface area contributed by atoms with Gasteiger partial charge in [0, 0.05) is 30.8 Å². The van der Waals surface area contributed by atoms with Gasteiger partial charge < -0.3 is 10.1 Å². The Balaban J connectivity index is 1.46. The van der Waals surface area contributed by atoms with E-state index in [0.29, 0.717) is 17.6 Å². The fourth-order valence-corrected chi connectivity index (χ4v) is 3.67. The van der Waals surface area contributed by atoms with Gasteiger partial charge in [0.2, 0.25) is 0 Å². The van der Waals surface area contributed by atoms with E-state index in [1.807, 2.05) is 10.9 Å². The van der Waals surface area contributed by atoms with Crippen molar-refractivity contribution in [3.63, 3.8) is 0 Å². The minimum atomic E-state index is 0.468. The second-order valence-electron chi connectivity index (χ2n) is 6.05. The summed E-state index contributed by atoms with van der Waals surface area (Å²) in [6, 6.07) is 0.662. The molecule has 0 saturated heterocycles. The van der Waals surface area contributed by atoms with Gasteiger partial charge in [-0.25, -0.2) is 0 Å². The van der Waals surface area contributed by atoms with Gasteiger partial charge in [-0.05, 0) is 38.7 Å². The van der Waals surface area contributed by atoms with Crippen molar-refractivity contribution < 1.29 is 4.74 Å². The van der Waals surface area contributed by atoms with E-state index < -0.39 is 0 Å². The first kappa shape index (κ1) is 13.1. The smallest absolute Gasteiger partial charge is 0.0661 e. The summed E-state index contributed by atoms with van der Waals surface area (Å²) in [7, 11) is 0. The lowest BCUT2D eigenvalue weighted by atomic mass is 9.51. The Morgan fingerprint density at radius 2 is 2.37 bits per heavy atom. The Morgan fingerprint density at radius 1 is 1.53 bits per heavy atom. The van der Waals surface area contributed by atoms with E-state index in [1.54, 1.807) is 0 Å². The molecule has 1 aromatic rings. The zero-order chi connectivity index (χ0) is 13.3. The predicted molar refractivity (Wildman–Crippen MR) is 75.1 cm³/mol. The van der Waals surface area contributed by atoms with E-state index >= 15 is 0 Å². The highest BCUT2D eigenvalue weighted by Crippen LogP contribution is 2.57. The summed E-state index contributed by atoms with van der Waals surface area (Å²) in [6.45, 7) is 7.00. The molecule has 2 saturated carbocycles. The van der Waals surface area contributed by atoms with Gasteiger partial charge in [-0.15, -0.1) is 0 Å². The van der Waals surface area contributed by atoms with Gasteiger partial charge in [-0.2, -0.15) is 5.10 Å². The first-order valence-corrected chi connectivity index (χ1v) is 7.58. The number of aryl methyl sites for hydroxylation is 1. The van der Waals surface area contributed by atoms with E-state index in [4.69, 9.17) is 4.74 Å². The SMILES string of the molecule is CCOC1CC(NCCn2cc(C)cn2)C12CCC2. The Hall–Kier alpha value is -0.870. The average molecular weight is 263 g/mol. The Kier molecular flexibility index (Phi) is 3.63. The zero-order valence-corrected chi connectivity index (χ0v) is 12.1. The van der Waals surface area contributed by atoms with Crippen molar-refractivity contribution >= 4 is 0 Å². The maximum absolute atomic E-state index is 5.88. The lowest BCUT2D eigenvalue weighted by Gasteiger charge is -2.61. The summed E-state index contributed by atoms with van der Waals surface area (Å²) in [5.74, 6) is 0. The minimum Gasteiger partial charge on any atom is -0.378 e. The molecule has 0 bridgehead atoms. The van der Waals surface area contributed by atoms with Gasteiger partial charge in [-0.3, -0.25) is 4.68 Å². The van der Waals surface area contributed by atoms with Crippen molar-refractivity contribution in [1.82, 2.24) is 15.1 Å². The van der Waals surface area contributed by atoms with Crippen LogP contribution in [-0.2, 0) is 11.3 Å². The van der Waals surface area contributed by atoms with Crippen LogP contribution in [-0.4, -0.2) is 35.1 Å². The molecule has 1 heterocycles. The maximum atomic E-state index is 5.88. The number of hydrogen-bond donors (Lipinski definition) is 1. The molecule has 1 aromatic heterocycles. The van der Waals surface area contributed by atoms with Crippen LogP contribution in [0.2, 0.25) is 0 Å². The molecule has 106 valence electrons. The van der Waals surface area contributed by atoms with Crippen LogP contribution >= 0.6 is 0 Å². The van der Waals surface area contributed by atoms with Crippen molar-refractivity contribution in [2.75, 3.05) is 13.2 Å². The van der Waals surface area contributed by atoms with E-state index in [1.165, 1.54) is 31.2 Å². The topological polar surface area (TPSA) is 39.1 Å². The molecule has 0 amide bonds. The highest BCUT2D eigenvalue weighted by molar-refractivity contribution is 5.12. The molecule has 1 spiro atoms. The molecular formula is C15H25N3O. The molecule has 2 aliphatic rings. The van der Waals surface area contributed by atoms with Crippen LogP contribution in [0.15, 0.2) is 12.4 Å². The second kappa shape index (κ2) is 5.25. The molecule has 2 fully saturated rings. The molecule has 1 N–H and O–H groups in total. The highest BCUT2D eigenvalue weighted by Gasteiger charge is 2.58. The third-order valence-electron chi connectivity index (χ3n) is 4.93. The lowest BCUT2D eigenvalue weighted by molar-refractivity contribution is -0.172. The van der Waals surface area contributed by atoms with Crippen LogP contribution in [0.1, 0.15) is 38.2 Å². The van der Waals surface area contributed by atoms with Crippen LogP contribution in [0.25, 0.3) is 0 Å². The number of rotatable bonds is 6. The first-order chi connectivity index (χ1) is 9.24. The van der Waals surface area contributed by atoms with Gasteiger partial charge in [0.15, 0.2) is 0 Å². The molecule has 2 unspecified atom stereocenters. The molecule has 0 radical (unpaired) electrons. The van der Waals surface area contributed by atoms with Crippen LogP contribution in [0.5, 0.6) is 0 Å². The van der Waals surface area contributed by atoms with Gasteiger partial charge >= 0.3 is 0 Å². The van der Waals surface area contributed by atoms with Crippen molar-refractivity contribution in [2.24, 2.45) is 5.41 Å². The van der Waals surface area contributed by atoms with E-state index in [2.05, 4.69) is 30.5 Å². The first-order valence-electron chi connectivity index (χ1n) is 7.58. The fourth-order valence-electron chi connectivity index (χ4n) is 3.67. The van der Waals surface area contributed by atoms with Crippen LogP contribution < -0.4 is 5.32 Å². The summed E-state index contributed by atoms with van der Waals surface area (Å²) >= 11 is 0. The third-order valence-corrected chi connectivity index (χ3v) is 4.93. The number of nitrogens with zero attached hydrogens (tertiary/aromatic N) is 2. The largest absolute Gasteiger partial charge is 0.378 e. The maximum Gasteiger partial charge on any atom is 0.0661 e. The van der Waals surface area contributed by atoms with Crippen molar-refractivity contribution in [1.29, 1.82) is 0 Å². The van der Waals surface area contributed by atoms with Crippen molar-refractivity contribution in [3.05, 3.63) is 18.0 Å². The monoisotopic (exact) mass is 263 g/mol. The Labute approximate surface area is 115 Å². The highest BCUT2D eigenvalue weighted by atomic mass is 16.5. The number of nitrogens with one attached hydrogen (secondary N) is 1. The molecule has 2 aliphatic carbocycles. The molecular weight excluding hydrogens is 238 g/mol. The fraction of sp³-hybridized carbons (Fsp3) is 0.800. The third kappa shape index (κ3) is 2.32. The van der Waals surface area contributed by atoms with E-state index in [0.717, 1.165) is 19.7 Å². The zero-order valence-electron chi connectivity index (χ0n) is 12.1. The number of ether oxygens (including phenoxy) is 1. The summed E-state index contributed by atoms with van der Waals surface area (Å²) in [5, 5.41) is 8.04. The normalized spacial score (nSPS) is 28.1. The Morgan fingerprint density at radius 3 is 2.95 bits per heavy atom. The molecule has 4 nitrogen and oxygen atoms in total. The summed E-state index contributed by atoms with van der Waals surface area (Å²) in [4.78, 5) is 0. The Bertz CT molecular complexity index is 425. The summed E-state index contributed by atoms with van der Waals surface area (Å²) in [5.41, 5.74) is 1.70. The molecule has 0 aliphatic heterocycles. The number of aromatic nitrogens is 2. The molecule has 2 atom stereocenters. The predicted octanol–water partition coefficient (Wildman–Crippen LogP) is 2.13. The van der Waals surface area contributed by atoms with Crippen molar-refractivity contribution in [3.8, 4) is 0 Å². The minimum absolute atomic E-state index is 0.468. The van der Waals surface area contributed by atoms with E-state index in [9.17, 15) is 0 Å². The lowest BCUT2D eigenvalue weighted by Crippen LogP contribution is -2.67. The van der Waals surface area contributed by atoms with Gasteiger partial charge in [0.05, 0.1) is 18.8 Å². The quantitative estimate of drug-likeness (QED) is 0.854. The van der Waals surface area contributed by atoms with Crippen LogP contribution in [0, 0.1) is 12.3 Å². The average Bonchev–Trinajstić information content (AvgIpc) is 2.70. The van der Waals surface area contributed by atoms with Gasteiger partial charge in [-0.1, -0.05) is 6.42 Å². The standard InChI is InChI=1S/C15H25N3O/c1-3-19-14-9-13(15(14)5-4-6-15)16-7-8-18-11-12(2)10-17-18/h10-11,13-14,16H,3-9H2,1-2H3. The summed E-state index contributed by atoms with van der Waals surface area (Å²) in [6.07, 6.45) is 9.78. The van der Waals surface area contributed by atoms with Crippen LogP contribution in [0.3, 0.4) is 0 Å². The second-order valence-corrected chi connectivity index (χ2v) is 6.05. The molecule has 3 rings (SSSR count). The molecule has 19 heavy (non-hydrogen) atoms. The van der Waals surface area contributed by atoms with Gasteiger partial charge in [0.1, 0.15) is 0 Å². The molecule has 4 heteroatoms. The van der Waals surface area contributed by atoms with E-state index in [-0.39, 0.29) is 0 Å². The molecule has 0 aromatic carbocycles. The van der Waals surface area contributed by atoms with Crippen molar-refractivity contribution in [2.45, 2.75) is 58.2 Å².